The lowest BCUT2D eigenvalue weighted by Crippen LogP contribution is -2.56. The molecule has 3 aromatic heterocycles. The normalized spacial score (nSPS) is 17.1. The number of rotatable bonds is 4. The number of ether oxygens (including phenoxy) is 1. The SMILES string of the molecule is CCC1CN(c2cnc(/N=C(\N)c3cc(F)c4nc(C)cn4c3)c(F)c2)CCN1C(=O)OC(C)(C)C. The predicted octanol–water partition coefficient (Wildman–Crippen LogP) is 4.19. The minimum Gasteiger partial charge on any atom is -0.444 e. The highest BCUT2D eigenvalue weighted by atomic mass is 19.1. The van der Waals surface area contributed by atoms with Gasteiger partial charge in [0.2, 0.25) is 0 Å². The third kappa shape index (κ3) is 5.39. The standard InChI is InChI=1S/C25H31F2N7O2/c1-6-17-14-32(7-8-34(17)24(35)36-25(3,4)5)18-10-19(26)22(29-11-18)31-21(28)16-9-20(27)23-30-15(2)12-33(23)13-16/h9-13,17H,6-8,14H2,1-5H3,(H2,28,29,31). The summed E-state index contributed by atoms with van der Waals surface area (Å²) in [5, 5.41) is 0. The van der Waals surface area contributed by atoms with E-state index in [-0.39, 0.29) is 35.0 Å². The number of amides is 1. The largest absolute Gasteiger partial charge is 0.444 e. The molecule has 1 aliphatic heterocycles. The van der Waals surface area contributed by atoms with Crippen LogP contribution in [0.4, 0.5) is 25.1 Å². The van der Waals surface area contributed by atoms with Gasteiger partial charge in [-0.15, -0.1) is 0 Å². The smallest absolute Gasteiger partial charge is 0.410 e. The molecule has 1 unspecified atom stereocenters. The number of amidine groups is 1. The molecule has 4 heterocycles. The number of carbonyl (C=O) groups is 1. The van der Waals surface area contributed by atoms with Gasteiger partial charge in [0.05, 0.1) is 23.6 Å². The van der Waals surface area contributed by atoms with E-state index in [2.05, 4.69) is 15.0 Å². The quantitative estimate of drug-likeness (QED) is 0.427. The number of hydrogen-bond donors (Lipinski definition) is 1. The van der Waals surface area contributed by atoms with E-state index < -0.39 is 17.2 Å². The van der Waals surface area contributed by atoms with Crippen LogP contribution in [0.25, 0.3) is 5.65 Å². The Morgan fingerprint density at radius 2 is 1.97 bits per heavy atom. The molecule has 1 fully saturated rings. The molecule has 9 nitrogen and oxygen atoms in total. The van der Waals surface area contributed by atoms with Gasteiger partial charge in [-0.2, -0.15) is 0 Å². The fraction of sp³-hybridized carbons (Fsp3) is 0.440. The number of aromatic nitrogens is 3. The summed E-state index contributed by atoms with van der Waals surface area (Å²) < 4.78 is 36.4. The number of aryl methyl sites for hydroxylation is 1. The fourth-order valence-corrected chi connectivity index (χ4v) is 4.17. The molecule has 1 atom stereocenters. The molecule has 0 spiro atoms. The Morgan fingerprint density at radius 3 is 2.64 bits per heavy atom. The second-order valence-electron chi connectivity index (χ2n) is 9.87. The zero-order valence-corrected chi connectivity index (χ0v) is 21.1. The summed E-state index contributed by atoms with van der Waals surface area (Å²) in [4.78, 5) is 28.7. The number of fused-ring (bicyclic) bond motifs is 1. The zero-order valence-electron chi connectivity index (χ0n) is 21.1. The summed E-state index contributed by atoms with van der Waals surface area (Å²) >= 11 is 0. The Kier molecular flexibility index (Phi) is 6.83. The molecular weight excluding hydrogens is 468 g/mol. The Morgan fingerprint density at radius 1 is 1.22 bits per heavy atom. The molecule has 192 valence electrons. The topological polar surface area (TPSA) is 101 Å². The highest BCUT2D eigenvalue weighted by Crippen LogP contribution is 2.26. The van der Waals surface area contributed by atoms with Crippen LogP contribution in [-0.4, -0.2) is 62.5 Å². The molecule has 3 aromatic rings. The fourth-order valence-electron chi connectivity index (χ4n) is 4.17. The van der Waals surface area contributed by atoms with Crippen LogP contribution in [0, 0.1) is 18.6 Å². The number of imidazole rings is 1. The molecule has 0 aliphatic carbocycles. The van der Waals surface area contributed by atoms with Gasteiger partial charge in [-0.25, -0.2) is 28.5 Å². The Labute approximate surface area is 208 Å². The molecule has 0 aromatic carbocycles. The average Bonchev–Trinajstić information content (AvgIpc) is 3.19. The number of anilines is 1. The van der Waals surface area contributed by atoms with Gasteiger partial charge in [0, 0.05) is 43.7 Å². The third-order valence-electron chi connectivity index (χ3n) is 5.90. The molecule has 1 aliphatic rings. The van der Waals surface area contributed by atoms with Crippen LogP contribution in [-0.2, 0) is 4.74 Å². The molecule has 0 bridgehead atoms. The average molecular weight is 500 g/mol. The maximum absolute atomic E-state index is 15.0. The van der Waals surface area contributed by atoms with E-state index in [1.54, 1.807) is 24.2 Å². The summed E-state index contributed by atoms with van der Waals surface area (Å²) in [5.74, 6) is -1.48. The summed E-state index contributed by atoms with van der Waals surface area (Å²) in [5.41, 5.74) is 7.17. The third-order valence-corrected chi connectivity index (χ3v) is 5.90. The van der Waals surface area contributed by atoms with Gasteiger partial charge in [-0.05, 0) is 40.2 Å². The monoisotopic (exact) mass is 499 g/mol. The molecule has 36 heavy (non-hydrogen) atoms. The Hall–Kier alpha value is -3.76. The first-order valence-electron chi connectivity index (χ1n) is 11.8. The van der Waals surface area contributed by atoms with Crippen LogP contribution >= 0.6 is 0 Å². The maximum Gasteiger partial charge on any atom is 0.410 e. The molecule has 1 saturated heterocycles. The van der Waals surface area contributed by atoms with Crippen molar-refractivity contribution >= 4 is 29.1 Å². The number of nitrogens with zero attached hydrogens (tertiary/aromatic N) is 6. The van der Waals surface area contributed by atoms with E-state index in [0.717, 1.165) is 6.42 Å². The highest BCUT2D eigenvalue weighted by Gasteiger charge is 2.32. The lowest BCUT2D eigenvalue weighted by molar-refractivity contribution is 0.0136. The predicted molar refractivity (Wildman–Crippen MR) is 134 cm³/mol. The second-order valence-corrected chi connectivity index (χ2v) is 9.87. The van der Waals surface area contributed by atoms with Gasteiger partial charge >= 0.3 is 6.09 Å². The van der Waals surface area contributed by atoms with Crippen LogP contribution in [0.2, 0.25) is 0 Å². The Balaban J connectivity index is 1.51. The van der Waals surface area contributed by atoms with Crippen LogP contribution in [0.1, 0.15) is 45.4 Å². The molecule has 4 rings (SSSR count). The molecule has 1 amide bonds. The van der Waals surface area contributed by atoms with Crippen LogP contribution in [0.5, 0.6) is 0 Å². The second kappa shape index (κ2) is 9.71. The van der Waals surface area contributed by atoms with E-state index >= 15 is 0 Å². The van der Waals surface area contributed by atoms with Crippen molar-refractivity contribution in [2.75, 3.05) is 24.5 Å². The number of aliphatic imine (C=N–C) groups is 1. The summed E-state index contributed by atoms with van der Waals surface area (Å²) in [6.45, 7) is 10.7. The number of halogens is 2. The number of pyridine rings is 2. The highest BCUT2D eigenvalue weighted by molar-refractivity contribution is 5.98. The van der Waals surface area contributed by atoms with Gasteiger partial charge in [0.1, 0.15) is 11.4 Å². The van der Waals surface area contributed by atoms with Crippen molar-refractivity contribution in [1.29, 1.82) is 0 Å². The first-order chi connectivity index (χ1) is 16.9. The molecule has 2 N–H and O–H groups in total. The van der Waals surface area contributed by atoms with Gasteiger partial charge in [0.25, 0.3) is 0 Å². The minimum absolute atomic E-state index is 0.0710. The number of piperazine rings is 1. The van der Waals surface area contributed by atoms with Gasteiger partial charge in [0.15, 0.2) is 23.1 Å². The van der Waals surface area contributed by atoms with Crippen molar-refractivity contribution in [3.63, 3.8) is 0 Å². The van der Waals surface area contributed by atoms with Crippen molar-refractivity contribution in [1.82, 2.24) is 19.3 Å². The van der Waals surface area contributed by atoms with Gasteiger partial charge < -0.3 is 24.7 Å². The Bertz CT molecular complexity index is 1320. The summed E-state index contributed by atoms with van der Waals surface area (Å²) in [6, 6.07) is 2.47. The molecule has 11 heteroatoms. The van der Waals surface area contributed by atoms with Crippen LogP contribution < -0.4 is 10.6 Å². The minimum atomic E-state index is -0.655. The zero-order chi connectivity index (χ0) is 26.2. The molecule has 0 saturated carbocycles. The van der Waals surface area contributed by atoms with Crippen molar-refractivity contribution in [2.45, 2.75) is 52.7 Å². The van der Waals surface area contributed by atoms with Crippen LogP contribution in [0.15, 0.2) is 35.7 Å². The summed E-state index contributed by atoms with van der Waals surface area (Å²) in [7, 11) is 0. The van der Waals surface area contributed by atoms with E-state index in [9.17, 15) is 13.6 Å². The molecule has 0 radical (unpaired) electrons. The van der Waals surface area contributed by atoms with Crippen LogP contribution in [0.3, 0.4) is 0 Å². The lowest BCUT2D eigenvalue weighted by Gasteiger charge is -2.42. The first kappa shape index (κ1) is 25.3. The molecular formula is C25H31F2N7O2. The van der Waals surface area contributed by atoms with Gasteiger partial charge in [-0.1, -0.05) is 6.92 Å². The number of carbonyl (C=O) groups excluding carboxylic acids is 1. The van der Waals surface area contributed by atoms with E-state index in [0.29, 0.717) is 31.0 Å². The van der Waals surface area contributed by atoms with Crippen molar-refractivity contribution < 1.29 is 18.3 Å². The van der Waals surface area contributed by atoms with Crippen molar-refractivity contribution in [3.8, 4) is 0 Å². The number of hydrogen-bond acceptors (Lipinski definition) is 6. The van der Waals surface area contributed by atoms with Gasteiger partial charge in [-0.3, -0.25) is 0 Å². The first-order valence-corrected chi connectivity index (χ1v) is 11.8. The lowest BCUT2D eigenvalue weighted by atomic mass is 10.1. The van der Waals surface area contributed by atoms with E-state index in [1.807, 2.05) is 32.6 Å². The van der Waals surface area contributed by atoms with E-state index in [4.69, 9.17) is 10.5 Å². The van der Waals surface area contributed by atoms with Crippen molar-refractivity contribution in [2.24, 2.45) is 10.7 Å². The van der Waals surface area contributed by atoms with E-state index in [1.165, 1.54) is 22.7 Å². The number of nitrogens with two attached hydrogens (primary N) is 1. The van der Waals surface area contributed by atoms with Crippen molar-refractivity contribution in [3.05, 3.63) is 53.6 Å². The summed E-state index contributed by atoms with van der Waals surface area (Å²) in [6.07, 6.45) is 5.14. The maximum atomic E-state index is 15.0.